The largest absolute Gasteiger partial charge is 0.351 e. The second-order valence-electron chi connectivity index (χ2n) is 7.48. The van der Waals surface area contributed by atoms with Crippen LogP contribution >= 0.6 is 0 Å². The maximum atomic E-state index is 4.90. The van der Waals surface area contributed by atoms with E-state index in [0.29, 0.717) is 5.92 Å². The first-order chi connectivity index (χ1) is 9.81. The van der Waals surface area contributed by atoms with Crippen LogP contribution in [0.2, 0.25) is 0 Å². The second kappa shape index (κ2) is 6.35. The molecule has 1 aliphatic rings. The lowest BCUT2D eigenvalue weighted by Crippen LogP contribution is -2.40. The Morgan fingerprint density at radius 2 is 2.05 bits per heavy atom. The monoisotopic (exact) mass is 289 g/mol. The molecule has 1 aromatic rings. The van der Waals surface area contributed by atoms with Gasteiger partial charge in [0.25, 0.3) is 0 Å². The summed E-state index contributed by atoms with van der Waals surface area (Å²) in [5.41, 5.74) is 4.07. The molecule has 0 atom stereocenters. The van der Waals surface area contributed by atoms with Crippen molar-refractivity contribution in [3.63, 3.8) is 0 Å². The zero-order valence-electron chi connectivity index (χ0n) is 14.6. The predicted molar refractivity (Wildman–Crippen MR) is 90.9 cm³/mol. The molecule has 0 saturated carbocycles. The molecule has 0 spiro atoms. The zero-order chi connectivity index (χ0) is 15.6. The Morgan fingerprint density at radius 3 is 2.62 bits per heavy atom. The van der Waals surface area contributed by atoms with E-state index in [1.54, 1.807) is 0 Å². The van der Waals surface area contributed by atoms with Gasteiger partial charge in [-0.05, 0) is 64.6 Å². The second-order valence-corrected chi connectivity index (χ2v) is 7.48. The molecule has 1 aliphatic heterocycles. The summed E-state index contributed by atoms with van der Waals surface area (Å²) in [6.45, 7) is 16.6. The summed E-state index contributed by atoms with van der Waals surface area (Å²) in [5.74, 6) is 1.88. The van der Waals surface area contributed by atoms with E-state index in [2.05, 4.69) is 57.8 Å². The summed E-state index contributed by atoms with van der Waals surface area (Å²) in [6.07, 6.45) is 2.51. The lowest BCUT2D eigenvalue weighted by molar-refractivity contribution is 0.509. The molecule has 3 nitrogen and oxygen atoms in total. The molecular formula is C18H31N3. The fourth-order valence-electron chi connectivity index (χ4n) is 3.27. The van der Waals surface area contributed by atoms with Crippen LogP contribution in [0.3, 0.4) is 0 Å². The number of nitrogens with one attached hydrogen (secondary N) is 1. The smallest absolute Gasteiger partial charge is 0.134 e. The van der Waals surface area contributed by atoms with Crippen LogP contribution in [0.15, 0.2) is 6.07 Å². The SMILES string of the molecule is Cc1cc(C)c(CNCC(C)C)c(N2CCCC2(C)C)n1. The lowest BCUT2D eigenvalue weighted by atomic mass is 10.0. The van der Waals surface area contributed by atoms with Crippen LogP contribution in [0.4, 0.5) is 5.82 Å². The number of nitrogens with zero attached hydrogens (tertiary/aromatic N) is 2. The van der Waals surface area contributed by atoms with E-state index >= 15 is 0 Å². The minimum Gasteiger partial charge on any atom is -0.351 e. The Labute approximate surface area is 130 Å². The number of hydrogen-bond acceptors (Lipinski definition) is 3. The van der Waals surface area contributed by atoms with Crippen molar-refractivity contribution in [1.29, 1.82) is 0 Å². The summed E-state index contributed by atoms with van der Waals surface area (Å²) >= 11 is 0. The van der Waals surface area contributed by atoms with Crippen molar-refractivity contribution in [2.75, 3.05) is 18.0 Å². The van der Waals surface area contributed by atoms with Crippen molar-refractivity contribution in [2.24, 2.45) is 5.92 Å². The summed E-state index contributed by atoms with van der Waals surface area (Å²) in [7, 11) is 0. The van der Waals surface area contributed by atoms with Crippen molar-refractivity contribution < 1.29 is 0 Å². The molecule has 2 heterocycles. The topological polar surface area (TPSA) is 28.2 Å². The van der Waals surface area contributed by atoms with E-state index < -0.39 is 0 Å². The number of rotatable bonds is 5. The molecule has 2 rings (SSSR count). The first-order valence-corrected chi connectivity index (χ1v) is 8.27. The molecular weight excluding hydrogens is 258 g/mol. The van der Waals surface area contributed by atoms with Crippen molar-refractivity contribution in [3.05, 3.63) is 22.9 Å². The molecule has 1 fully saturated rings. The molecule has 21 heavy (non-hydrogen) atoms. The highest BCUT2D eigenvalue weighted by atomic mass is 15.3. The van der Waals surface area contributed by atoms with Crippen molar-refractivity contribution in [2.45, 2.75) is 66.5 Å². The Balaban J connectivity index is 2.30. The molecule has 118 valence electrons. The predicted octanol–water partition coefficient (Wildman–Crippen LogP) is 3.82. The van der Waals surface area contributed by atoms with Crippen LogP contribution in [0.1, 0.15) is 57.4 Å². The Hall–Kier alpha value is -1.09. The van der Waals surface area contributed by atoms with Gasteiger partial charge in [-0.1, -0.05) is 13.8 Å². The highest BCUT2D eigenvalue weighted by Crippen LogP contribution is 2.35. The van der Waals surface area contributed by atoms with E-state index in [4.69, 9.17) is 4.98 Å². The molecule has 0 aromatic carbocycles. The minimum absolute atomic E-state index is 0.222. The summed E-state index contributed by atoms with van der Waals surface area (Å²) in [6, 6.07) is 2.21. The number of aromatic nitrogens is 1. The minimum atomic E-state index is 0.222. The summed E-state index contributed by atoms with van der Waals surface area (Å²) < 4.78 is 0. The van der Waals surface area contributed by atoms with Gasteiger partial charge in [-0.25, -0.2) is 4.98 Å². The van der Waals surface area contributed by atoms with Crippen LogP contribution < -0.4 is 10.2 Å². The molecule has 3 heteroatoms. The molecule has 0 aliphatic carbocycles. The Kier molecular flexibility index (Phi) is 4.92. The van der Waals surface area contributed by atoms with Crippen molar-refractivity contribution in [3.8, 4) is 0 Å². The quantitative estimate of drug-likeness (QED) is 0.893. The molecule has 0 unspecified atom stereocenters. The standard InChI is InChI=1S/C18H31N3/c1-13(2)11-19-12-16-14(3)10-15(4)20-17(16)21-9-7-8-18(21,5)6/h10,13,19H,7-9,11-12H2,1-6H3. The maximum absolute atomic E-state index is 4.90. The Bertz CT molecular complexity index is 491. The van der Waals surface area contributed by atoms with Gasteiger partial charge in [-0.2, -0.15) is 0 Å². The summed E-state index contributed by atoms with van der Waals surface area (Å²) in [4.78, 5) is 7.41. The van der Waals surface area contributed by atoms with Crippen LogP contribution in [0.5, 0.6) is 0 Å². The maximum Gasteiger partial charge on any atom is 0.134 e. The highest BCUT2D eigenvalue weighted by molar-refractivity contribution is 5.54. The normalized spacial score (nSPS) is 17.8. The van der Waals surface area contributed by atoms with E-state index in [1.807, 2.05) is 0 Å². The zero-order valence-corrected chi connectivity index (χ0v) is 14.6. The van der Waals surface area contributed by atoms with Gasteiger partial charge < -0.3 is 10.2 Å². The average molecular weight is 289 g/mol. The van der Waals surface area contributed by atoms with Gasteiger partial charge in [-0.3, -0.25) is 0 Å². The number of pyridine rings is 1. The van der Waals surface area contributed by atoms with Crippen LogP contribution in [0, 0.1) is 19.8 Å². The van der Waals surface area contributed by atoms with Gasteiger partial charge in [0.05, 0.1) is 0 Å². The molecule has 1 saturated heterocycles. The molecule has 0 radical (unpaired) electrons. The third-order valence-electron chi connectivity index (χ3n) is 4.46. The molecule has 1 N–H and O–H groups in total. The lowest BCUT2D eigenvalue weighted by Gasteiger charge is -2.35. The van der Waals surface area contributed by atoms with Gasteiger partial charge in [-0.15, -0.1) is 0 Å². The van der Waals surface area contributed by atoms with E-state index in [-0.39, 0.29) is 5.54 Å². The van der Waals surface area contributed by atoms with E-state index in [1.165, 1.54) is 29.8 Å². The molecule has 0 amide bonds. The van der Waals surface area contributed by atoms with Crippen LogP contribution in [0.25, 0.3) is 0 Å². The number of aryl methyl sites for hydroxylation is 2. The van der Waals surface area contributed by atoms with Gasteiger partial charge in [0.1, 0.15) is 5.82 Å². The van der Waals surface area contributed by atoms with Crippen LogP contribution in [-0.2, 0) is 6.54 Å². The third kappa shape index (κ3) is 3.76. The highest BCUT2D eigenvalue weighted by Gasteiger charge is 2.34. The molecule has 1 aromatic heterocycles. The Morgan fingerprint density at radius 1 is 1.33 bits per heavy atom. The molecule has 0 bridgehead atoms. The van der Waals surface area contributed by atoms with Crippen molar-refractivity contribution >= 4 is 5.82 Å². The third-order valence-corrected chi connectivity index (χ3v) is 4.46. The number of hydrogen-bond donors (Lipinski definition) is 1. The van der Waals surface area contributed by atoms with Gasteiger partial charge >= 0.3 is 0 Å². The van der Waals surface area contributed by atoms with Crippen molar-refractivity contribution in [1.82, 2.24) is 10.3 Å². The first kappa shape index (κ1) is 16.3. The fourth-order valence-corrected chi connectivity index (χ4v) is 3.27. The average Bonchev–Trinajstić information content (AvgIpc) is 2.70. The first-order valence-electron chi connectivity index (χ1n) is 8.27. The van der Waals surface area contributed by atoms with Gasteiger partial charge in [0.2, 0.25) is 0 Å². The van der Waals surface area contributed by atoms with E-state index in [0.717, 1.165) is 25.3 Å². The number of anilines is 1. The van der Waals surface area contributed by atoms with E-state index in [9.17, 15) is 0 Å². The van der Waals surface area contributed by atoms with Gasteiger partial charge in [0.15, 0.2) is 0 Å². The van der Waals surface area contributed by atoms with Crippen LogP contribution in [-0.4, -0.2) is 23.6 Å². The summed E-state index contributed by atoms with van der Waals surface area (Å²) in [5, 5.41) is 3.59. The van der Waals surface area contributed by atoms with Gasteiger partial charge in [0, 0.05) is 29.9 Å². The fraction of sp³-hybridized carbons (Fsp3) is 0.722.